The van der Waals surface area contributed by atoms with E-state index in [1.54, 1.807) is 0 Å². The fourth-order valence-corrected chi connectivity index (χ4v) is 2.03. The summed E-state index contributed by atoms with van der Waals surface area (Å²) in [6.07, 6.45) is 0. The van der Waals surface area contributed by atoms with E-state index < -0.39 is 29.7 Å². The van der Waals surface area contributed by atoms with Crippen LogP contribution in [0.4, 0.5) is 10.1 Å². The van der Waals surface area contributed by atoms with Crippen molar-refractivity contribution in [3.63, 3.8) is 0 Å². The second kappa shape index (κ2) is 5.23. The molecule has 0 aliphatic carbocycles. The van der Waals surface area contributed by atoms with Crippen LogP contribution in [0.25, 0.3) is 0 Å². The number of aliphatic carboxylic acids is 1. The van der Waals surface area contributed by atoms with Gasteiger partial charge in [-0.3, -0.25) is 9.59 Å². The Morgan fingerprint density at radius 1 is 1.42 bits per heavy atom. The third-order valence-electron chi connectivity index (χ3n) is 3.00. The first-order valence-electron chi connectivity index (χ1n) is 5.66. The van der Waals surface area contributed by atoms with Gasteiger partial charge < -0.3 is 20.9 Å². The standard InChI is InChI=1S/C12H13FN2O4/c13-7-2-1-3-8(10(7)11(14)16)15-9-5-19-4-6(9)12(17)18/h1-3,6,9,15H,4-5H2,(H2,14,16)(H,17,18). The fourth-order valence-electron chi connectivity index (χ4n) is 2.03. The number of nitrogens with two attached hydrogens (primary N) is 1. The van der Waals surface area contributed by atoms with Gasteiger partial charge in [-0.15, -0.1) is 0 Å². The second-order valence-electron chi connectivity index (χ2n) is 4.26. The molecule has 7 heteroatoms. The summed E-state index contributed by atoms with van der Waals surface area (Å²) >= 11 is 0. The molecule has 2 unspecified atom stereocenters. The van der Waals surface area contributed by atoms with E-state index in [0.29, 0.717) is 0 Å². The highest BCUT2D eigenvalue weighted by Crippen LogP contribution is 2.23. The SMILES string of the molecule is NC(=O)c1c(F)cccc1NC1COCC1C(=O)O. The fraction of sp³-hybridized carbons (Fsp3) is 0.333. The molecule has 1 aliphatic heterocycles. The molecule has 1 heterocycles. The van der Waals surface area contributed by atoms with Gasteiger partial charge in [-0.2, -0.15) is 0 Å². The molecule has 1 amide bonds. The molecule has 0 saturated carbocycles. The number of benzene rings is 1. The molecule has 2 atom stereocenters. The Balaban J connectivity index is 2.26. The molecule has 0 spiro atoms. The number of amides is 1. The molecule has 1 aromatic carbocycles. The Labute approximate surface area is 108 Å². The molecular weight excluding hydrogens is 255 g/mol. The first kappa shape index (κ1) is 13.3. The van der Waals surface area contributed by atoms with Crippen molar-refractivity contribution in [3.05, 3.63) is 29.6 Å². The lowest BCUT2D eigenvalue weighted by Gasteiger charge is -2.18. The summed E-state index contributed by atoms with van der Waals surface area (Å²) in [4.78, 5) is 22.2. The van der Waals surface area contributed by atoms with Crippen LogP contribution in [0.15, 0.2) is 18.2 Å². The molecule has 0 radical (unpaired) electrons. The molecule has 102 valence electrons. The van der Waals surface area contributed by atoms with Crippen molar-refractivity contribution in [2.24, 2.45) is 11.7 Å². The predicted molar refractivity (Wildman–Crippen MR) is 64.3 cm³/mol. The van der Waals surface area contributed by atoms with Gasteiger partial charge in [-0.25, -0.2) is 4.39 Å². The van der Waals surface area contributed by atoms with Crippen molar-refractivity contribution in [1.29, 1.82) is 0 Å². The average molecular weight is 268 g/mol. The molecule has 6 nitrogen and oxygen atoms in total. The Hall–Kier alpha value is -2.15. The van der Waals surface area contributed by atoms with Crippen LogP contribution in [0, 0.1) is 11.7 Å². The number of nitrogens with one attached hydrogen (secondary N) is 1. The zero-order valence-corrected chi connectivity index (χ0v) is 9.93. The molecule has 0 bridgehead atoms. The Kier molecular flexibility index (Phi) is 3.66. The van der Waals surface area contributed by atoms with Crippen LogP contribution in [0.2, 0.25) is 0 Å². The minimum Gasteiger partial charge on any atom is -0.481 e. The molecular formula is C12H13FN2O4. The summed E-state index contributed by atoms with van der Waals surface area (Å²) in [6.45, 7) is 0.250. The molecule has 2 rings (SSSR count). The van der Waals surface area contributed by atoms with Crippen molar-refractivity contribution < 1.29 is 23.8 Å². The molecule has 1 saturated heterocycles. The number of carboxylic acids is 1. The van der Waals surface area contributed by atoms with Crippen molar-refractivity contribution in [1.82, 2.24) is 0 Å². The number of carbonyl (C=O) groups excluding carboxylic acids is 1. The average Bonchev–Trinajstić information content (AvgIpc) is 2.76. The first-order valence-corrected chi connectivity index (χ1v) is 5.66. The van der Waals surface area contributed by atoms with Crippen LogP contribution in [0.5, 0.6) is 0 Å². The molecule has 1 fully saturated rings. The molecule has 4 N–H and O–H groups in total. The number of rotatable bonds is 4. The number of hydrogen-bond donors (Lipinski definition) is 3. The van der Waals surface area contributed by atoms with Crippen molar-refractivity contribution >= 4 is 17.6 Å². The van der Waals surface area contributed by atoms with E-state index in [0.717, 1.165) is 6.07 Å². The highest BCUT2D eigenvalue weighted by molar-refractivity contribution is 5.98. The van der Waals surface area contributed by atoms with Crippen molar-refractivity contribution in [2.45, 2.75) is 6.04 Å². The third kappa shape index (κ3) is 2.65. The number of hydrogen-bond acceptors (Lipinski definition) is 4. The largest absolute Gasteiger partial charge is 0.481 e. The second-order valence-corrected chi connectivity index (χ2v) is 4.26. The monoisotopic (exact) mass is 268 g/mol. The van der Waals surface area contributed by atoms with E-state index in [2.05, 4.69) is 5.32 Å². The zero-order chi connectivity index (χ0) is 14.0. The smallest absolute Gasteiger partial charge is 0.311 e. The maximum atomic E-state index is 13.5. The maximum Gasteiger partial charge on any atom is 0.311 e. The maximum absolute atomic E-state index is 13.5. The molecule has 1 aliphatic rings. The normalized spacial score (nSPS) is 22.2. The van der Waals surface area contributed by atoms with Crippen LogP contribution in [0.1, 0.15) is 10.4 Å². The summed E-state index contributed by atoms with van der Waals surface area (Å²) in [5, 5.41) is 11.8. The van der Waals surface area contributed by atoms with Gasteiger partial charge in [0.1, 0.15) is 11.7 Å². The summed E-state index contributed by atoms with van der Waals surface area (Å²) in [7, 11) is 0. The lowest BCUT2D eigenvalue weighted by Crippen LogP contribution is -2.34. The predicted octanol–water partition coefficient (Wildman–Crippen LogP) is 0.436. The first-order chi connectivity index (χ1) is 9.00. The number of anilines is 1. The van der Waals surface area contributed by atoms with Gasteiger partial charge >= 0.3 is 5.97 Å². The van der Waals surface area contributed by atoms with Gasteiger partial charge in [-0.1, -0.05) is 6.07 Å². The van der Waals surface area contributed by atoms with Crippen molar-refractivity contribution in [3.8, 4) is 0 Å². The van der Waals surface area contributed by atoms with Gasteiger partial charge in [0, 0.05) is 0 Å². The van der Waals surface area contributed by atoms with Crippen LogP contribution in [-0.4, -0.2) is 36.2 Å². The third-order valence-corrected chi connectivity index (χ3v) is 3.00. The summed E-state index contributed by atoms with van der Waals surface area (Å²) in [5.41, 5.74) is 5.01. The van der Waals surface area contributed by atoms with Crippen molar-refractivity contribution in [2.75, 3.05) is 18.5 Å². The lowest BCUT2D eigenvalue weighted by molar-refractivity contribution is -0.141. The van der Waals surface area contributed by atoms with Crippen LogP contribution < -0.4 is 11.1 Å². The van der Waals surface area contributed by atoms with Gasteiger partial charge in [-0.05, 0) is 12.1 Å². The highest BCUT2D eigenvalue weighted by atomic mass is 19.1. The van der Waals surface area contributed by atoms with E-state index in [1.165, 1.54) is 12.1 Å². The Morgan fingerprint density at radius 2 is 2.16 bits per heavy atom. The highest BCUT2D eigenvalue weighted by Gasteiger charge is 2.34. The number of primary amides is 1. The zero-order valence-electron chi connectivity index (χ0n) is 9.93. The molecule has 1 aromatic rings. The number of ether oxygens (including phenoxy) is 1. The number of carbonyl (C=O) groups is 2. The van der Waals surface area contributed by atoms with Gasteiger partial charge in [0.05, 0.1) is 30.5 Å². The van der Waals surface area contributed by atoms with E-state index in [1.807, 2.05) is 0 Å². The minimum atomic E-state index is -1.01. The quantitative estimate of drug-likeness (QED) is 0.735. The summed E-state index contributed by atoms with van der Waals surface area (Å²) in [6, 6.07) is 3.47. The van der Waals surface area contributed by atoms with E-state index >= 15 is 0 Å². The molecule has 0 aromatic heterocycles. The summed E-state index contributed by atoms with van der Waals surface area (Å²) < 4.78 is 18.6. The summed E-state index contributed by atoms with van der Waals surface area (Å²) in [5.74, 6) is -3.41. The lowest BCUT2D eigenvalue weighted by atomic mass is 10.0. The van der Waals surface area contributed by atoms with E-state index in [4.69, 9.17) is 15.6 Å². The van der Waals surface area contributed by atoms with Crippen LogP contribution >= 0.6 is 0 Å². The van der Waals surface area contributed by atoms with Gasteiger partial charge in [0.25, 0.3) is 5.91 Å². The Bertz CT molecular complexity index is 520. The van der Waals surface area contributed by atoms with Crippen LogP contribution in [0.3, 0.4) is 0 Å². The molecule has 19 heavy (non-hydrogen) atoms. The van der Waals surface area contributed by atoms with Gasteiger partial charge in [0.2, 0.25) is 0 Å². The van der Waals surface area contributed by atoms with Crippen LogP contribution in [-0.2, 0) is 9.53 Å². The minimum absolute atomic E-state index is 0.0776. The number of halogens is 1. The number of carboxylic acid groups (broad SMARTS) is 1. The Morgan fingerprint density at radius 3 is 2.79 bits per heavy atom. The van der Waals surface area contributed by atoms with E-state index in [-0.39, 0.29) is 24.5 Å². The van der Waals surface area contributed by atoms with Gasteiger partial charge in [0.15, 0.2) is 0 Å². The van der Waals surface area contributed by atoms with E-state index in [9.17, 15) is 14.0 Å². The topological polar surface area (TPSA) is 102 Å².